The third-order valence-corrected chi connectivity index (χ3v) is 15.4. The summed E-state index contributed by atoms with van der Waals surface area (Å²) in [6.45, 7) is 20.9. The first-order valence-electron chi connectivity index (χ1n) is 17.8. The van der Waals surface area contributed by atoms with Crippen molar-refractivity contribution in [3.8, 4) is 0 Å². The lowest BCUT2D eigenvalue weighted by Gasteiger charge is -2.64. The predicted molar refractivity (Wildman–Crippen MR) is 165 cm³/mol. The molecule has 246 valence electrons. The van der Waals surface area contributed by atoms with Gasteiger partial charge in [-0.05, 0) is 117 Å². The minimum atomic E-state index is -1.00. The van der Waals surface area contributed by atoms with Crippen molar-refractivity contribution in [3.05, 3.63) is 0 Å². The van der Waals surface area contributed by atoms with Crippen molar-refractivity contribution in [1.29, 1.82) is 0 Å². The Morgan fingerprint density at radius 3 is 2.42 bits per heavy atom. The van der Waals surface area contributed by atoms with Crippen LogP contribution in [0.15, 0.2) is 0 Å². The highest BCUT2D eigenvalue weighted by Gasteiger charge is 2.84. The number of hydrogen-bond acceptors (Lipinski definition) is 7. The van der Waals surface area contributed by atoms with Gasteiger partial charge in [0.05, 0.1) is 36.6 Å². The summed E-state index contributed by atoms with van der Waals surface area (Å²) in [6, 6.07) is 0. The molecule has 0 radical (unpaired) electrons. The van der Waals surface area contributed by atoms with E-state index in [0.717, 1.165) is 32.5 Å². The van der Waals surface area contributed by atoms with Crippen molar-refractivity contribution in [2.24, 2.45) is 50.7 Å². The molecule has 7 nitrogen and oxygen atoms in total. The van der Waals surface area contributed by atoms with E-state index in [2.05, 4.69) is 39.9 Å². The van der Waals surface area contributed by atoms with Gasteiger partial charge in [0.15, 0.2) is 6.29 Å². The molecule has 0 bridgehead atoms. The fourth-order valence-corrected chi connectivity index (χ4v) is 13.5. The highest BCUT2D eigenvalue weighted by Crippen LogP contribution is 2.89. The maximum atomic E-state index is 12.5. The van der Waals surface area contributed by atoms with Gasteiger partial charge in [0, 0.05) is 25.1 Å². The van der Waals surface area contributed by atoms with Crippen molar-refractivity contribution < 1.29 is 29.2 Å². The summed E-state index contributed by atoms with van der Waals surface area (Å²) in [7, 11) is 0. The summed E-state index contributed by atoms with van der Waals surface area (Å²) < 4.78 is 25.7. The Kier molecular flexibility index (Phi) is 7.37. The Bertz CT molecular complexity index is 1070. The minimum Gasteiger partial charge on any atom is -0.390 e. The van der Waals surface area contributed by atoms with Crippen LogP contribution in [-0.4, -0.2) is 78.9 Å². The van der Waals surface area contributed by atoms with E-state index in [1.165, 1.54) is 38.5 Å². The molecule has 7 aliphatic rings. The Morgan fingerprint density at radius 1 is 1.02 bits per heavy atom. The van der Waals surface area contributed by atoms with Crippen LogP contribution in [0.3, 0.4) is 0 Å². The number of morpholine rings is 1. The van der Waals surface area contributed by atoms with Crippen molar-refractivity contribution in [3.63, 3.8) is 0 Å². The van der Waals surface area contributed by atoms with Gasteiger partial charge in [-0.15, -0.1) is 0 Å². The van der Waals surface area contributed by atoms with Gasteiger partial charge in [0.2, 0.25) is 0 Å². The highest BCUT2D eigenvalue weighted by molar-refractivity contribution is 5.33. The first-order chi connectivity index (χ1) is 20.2. The second-order valence-corrected chi connectivity index (χ2v) is 17.7. The van der Waals surface area contributed by atoms with Crippen molar-refractivity contribution in [2.45, 2.75) is 149 Å². The number of nitrogens with one attached hydrogen (secondary N) is 1. The van der Waals surface area contributed by atoms with E-state index < -0.39 is 17.8 Å². The number of aliphatic hydroxyl groups is 2. The molecule has 7 fully saturated rings. The molecular formula is C36H61NO6. The Balaban J connectivity index is 1.16. The van der Waals surface area contributed by atoms with Crippen LogP contribution >= 0.6 is 0 Å². The van der Waals surface area contributed by atoms with Gasteiger partial charge in [0.25, 0.3) is 0 Å². The maximum absolute atomic E-state index is 12.5. The first-order valence-corrected chi connectivity index (χ1v) is 17.8. The van der Waals surface area contributed by atoms with Gasteiger partial charge in [0.1, 0.15) is 6.10 Å². The minimum absolute atomic E-state index is 0.0327. The molecule has 0 aromatic carbocycles. The average molecular weight is 604 g/mol. The van der Waals surface area contributed by atoms with Gasteiger partial charge in [-0.1, -0.05) is 34.6 Å². The largest absolute Gasteiger partial charge is 0.390 e. The van der Waals surface area contributed by atoms with Crippen LogP contribution in [0.1, 0.15) is 107 Å². The maximum Gasteiger partial charge on any atom is 0.170 e. The van der Waals surface area contributed by atoms with Gasteiger partial charge >= 0.3 is 0 Å². The summed E-state index contributed by atoms with van der Waals surface area (Å²) in [6.07, 6.45) is 8.19. The third kappa shape index (κ3) is 4.10. The van der Waals surface area contributed by atoms with E-state index in [1.807, 2.05) is 20.8 Å². The number of aliphatic hydroxyl groups excluding tert-OH is 1. The standard InChI is InChI=1S/C36H61NO6/c1-9-40-30(32(5,6)39)22-18-21(2)27-28(42-22)29(38)34(8)24-11-10-23-31(3,4)25(43-26-19-37-16-17-41-26)12-13-35(23)20-36(24,35)15-14-33(27,34)7/h21-30,37-39H,9-20H2,1-8H3/t21-,22-,23+,24+,25+,26+,27?,28+,29+,30+,33-,34-,35-,36+/m1/s1. The fraction of sp³-hybridized carbons (Fsp3) is 1.00. The van der Waals surface area contributed by atoms with E-state index in [4.69, 9.17) is 18.9 Å². The second-order valence-electron chi connectivity index (χ2n) is 17.7. The van der Waals surface area contributed by atoms with Crippen molar-refractivity contribution in [2.75, 3.05) is 26.3 Å². The van der Waals surface area contributed by atoms with Crippen molar-refractivity contribution in [1.82, 2.24) is 5.32 Å². The van der Waals surface area contributed by atoms with E-state index in [1.54, 1.807) is 0 Å². The third-order valence-electron chi connectivity index (χ3n) is 15.4. The molecule has 0 aromatic heterocycles. The smallest absolute Gasteiger partial charge is 0.170 e. The molecule has 5 aliphatic carbocycles. The van der Waals surface area contributed by atoms with Gasteiger partial charge in [-0.25, -0.2) is 0 Å². The molecule has 7 heteroatoms. The predicted octanol–water partition coefficient (Wildman–Crippen LogP) is 5.31. The molecule has 2 spiro atoms. The van der Waals surface area contributed by atoms with E-state index in [0.29, 0.717) is 41.1 Å². The fourth-order valence-electron chi connectivity index (χ4n) is 13.5. The summed E-state index contributed by atoms with van der Waals surface area (Å²) in [4.78, 5) is 0. The molecule has 14 atom stereocenters. The summed E-state index contributed by atoms with van der Waals surface area (Å²) in [5, 5.41) is 27.0. The second kappa shape index (κ2) is 10.1. The highest BCUT2D eigenvalue weighted by atomic mass is 16.7. The molecule has 5 saturated carbocycles. The van der Waals surface area contributed by atoms with Crippen LogP contribution in [0.4, 0.5) is 0 Å². The van der Waals surface area contributed by atoms with Crippen LogP contribution in [0.25, 0.3) is 0 Å². The van der Waals surface area contributed by atoms with Gasteiger partial charge in [-0.2, -0.15) is 0 Å². The normalized spacial score (nSPS) is 54.4. The van der Waals surface area contributed by atoms with E-state index in [-0.39, 0.29) is 40.8 Å². The summed E-state index contributed by atoms with van der Waals surface area (Å²) >= 11 is 0. The monoisotopic (exact) mass is 603 g/mol. The molecule has 2 aliphatic heterocycles. The van der Waals surface area contributed by atoms with Crippen LogP contribution in [-0.2, 0) is 18.9 Å². The first kappa shape index (κ1) is 31.3. The quantitative estimate of drug-likeness (QED) is 0.379. The van der Waals surface area contributed by atoms with Crippen LogP contribution in [0.2, 0.25) is 0 Å². The van der Waals surface area contributed by atoms with Crippen molar-refractivity contribution >= 4 is 0 Å². The summed E-state index contributed by atoms with van der Waals surface area (Å²) in [5.74, 6) is 1.89. The van der Waals surface area contributed by atoms with Crippen LogP contribution in [0.5, 0.6) is 0 Å². The van der Waals surface area contributed by atoms with Gasteiger partial charge in [-0.3, -0.25) is 0 Å². The van der Waals surface area contributed by atoms with E-state index in [9.17, 15) is 10.2 Å². The molecule has 7 rings (SSSR count). The lowest BCUT2D eigenvalue weighted by molar-refractivity contribution is -0.237. The molecule has 3 N–H and O–H groups in total. The molecule has 0 amide bonds. The average Bonchev–Trinajstić information content (AvgIpc) is 3.58. The zero-order valence-corrected chi connectivity index (χ0v) is 28.3. The zero-order valence-electron chi connectivity index (χ0n) is 28.3. The topological polar surface area (TPSA) is 89.4 Å². The van der Waals surface area contributed by atoms with Gasteiger partial charge < -0.3 is 34.5 Å². The Labute approximate surface area is 260 Å². The van der Waals surface area contributed by atoms with Crippen LogP contribution < -0.4 is 5.32 Å². The number of fused-ring (bicyclic) bond motifs is 4. The molecule has 1 unspecified atom stereocenters. The van der Waals surface area contributed by atoms with Crippen LogP contribution in [0, 0.1) is 50.7 Å². The Hall–Kier alpha value is -0.280. The molecular weight excluding hydrogens is 542 g/mol. The SMILES string of the molecule is CCO[C@@H]([C@H]1C[C@@H](C)C2[C@H](O1)[C@H](O)[C@@]1(C)[C@@H]3CC[C@H]4C(C)(C)[C@@H](O[C@H]5CNCCO5)CC[C@@]45C[C@@]35CC[C@]21C)C(C)(C)O. The molecule has 2 saturated heterocycles. The molecule has 43 heavy (non-hydrogen) atoms. The summed E-state index contributed by atoms with van der Waals surface area (Å²) in [5.41, 5.74) is -0.354. The lowest BCUT2D eigenvalue weighted by Crippen LogP contribution is -2.60. The lowest BCUT2D eigenvalue weighted by atomic mass is 9.41. The Morgan fingerprint density at radius 2 is 1.74 bits per heavy atom. The van der Waals surface area contributed by atoms with E-state index >= 15 is 0 Å². The number of rotatable bonds is 6. The number of hydrogen-bond donors (Lipinski definition) is 3. The molecule has 0 aromatic rings. The zero-order chi connectivity index (χ0) is 30.8. The molecule has 2 heterocycles. The number of ether oxygens (including phenoxy) is 4.